The number of sulfonamides is 1. The van der Waals surface area contributed by atoms with E-state index in [2.05, 4.69) is 5.32 Å². The molecule has 1 aliphatic rings. The molecule has 5 rings (SSSR count). The Morgan fingerprint density at radius 2 is 1.66 bits per heavy atom. The van der Waals surface area contributed by atoms with Crippen LogP contribution < -0.4 is 14.4 Å². The highest BCUT2D eigenvalue weighted by atomic mass is 32.2. The van der Waals surface area contributed by atoms with E-state index in [-0.39, 0.29) is 24.3 Å². The van der Waals surface area contributed by atoms with Gasteiger partial charge in [-0.3, -0.25) is 13.9 Å². The van der Waals surface area contributed by atoms with Crippen LogP contribution >= 0.6 is 0 Å². The molecule has 1 aliphatic heterocycles. The number of nitrogens with one attached hydrogen (secondary N) is 1. The number of carboxylic acid groups (broad SMARTS) is 1. The Balaban J connectivity index is 1.39. The van der Waals surface area contributed by atoms with E-state index in [1.165, 1.54) is 35.7 Å². The number of anilines is 1. The van der Waals surface area contributed by atoms with Gasteiger partial charge in [0.1, 0.15) is 17.6 Å². The SMILES string of the molecule is COc1cc(F)ccc1-c1ccc(S(=O)(=O)N2c3ccccc3C[C@H]2C(=O)NCc2ccc(CC(=O)O)cc2)cc1. The number of hydrogen-bond donors (Lipinski definition) is 2. The van der Waals surface area contributed by atoms with E-state index in [0.717, 1.165) is 11.1 Å². The average Bonchev–Trinajstić information content (AvgIpc) is 3.37. The predicted molar refractivity (Wildman–Crippen MR) is 152 cm³/mol. The molecule has 8 nitrogen and oxygen atoms in total. The van der Waals surface area contributed by atoms with Crippen LogP contribution in [0.5, 0.6) is 5.75 Å². The summed E-state index contributed by atoms with van der Waals surface area (Å²) in [6, 6.07) is 23.1. The van der Waals surface area contributed by atoms with Gasteiger partial charge in [-0.1, -0.05) is 54.6 Å². The van der Waals surface area contributed by atoms with Gasteiger partial charge in [-0.05, 0) is 52.6 Å². The number of amides is 1. The van der Waals surface area contributed by atoms with Crippen molar-refractivity contribution in [1.29, 1.82) is 0 Å². The minimum atomic E-state index is -4.14. The van der Waals surface area contributed by atoms with Gasteiger partial charge >= 0.3 is 5.97 Å². The van der Waals surface area contributed by atoms with E-state index in [0.29, 0.717) is 28.1 Å². The number of nitrogens with zero attached hydrogens (tertiary/aromatic N) is 1. The third kappa shape index (κ3) is 5.78. The number of carboxylic acids is 1. The lowest BCUT2D eigenvalue weighted by atomic mass is 10.0. The normalized spacial score (nSPS) is 14.4. The number of fused-ring (bicyclic) bond motifs is 1. The number of carbonyl (C=O) groups excluding carboxylic acids is 1. The van der Waals surface area contributed by atoms with E-state index in [9.17, 15) is 22.4 Å². The summed E-state index contributed by atoms with van der Waals surface area (Å²) in [4.78, 5) is 24.3. The van der Waals surface area contributed by atoms with Gasteiger partial charge in [0, 0.05) is 24.6 Å². The standard InChI is InChI=1S/C31H27FN2O6S/c1-40-29-18-24(32)12-15-26(29)22-10-13-25(14-11-22)41(38,39)34-27-5-3-2-4-23(27)17-28(34)31(37)33-19-21-8-6-20(7-9-21)16-30(35)36/h2-15,18,28H,16-17,19H2,1H3,(H,33,37)(H,35,36)/t28-/m0/s1. The van der Waals surface area contributed by atoms with Crippen LogP contribution in [0.15, 0.2) is 95.9 Å². The van der Waals surface area contributed by atoms with Crippen molar-refractivity contribution in [2.75, 3.05) is 11.4 Å². The molecule has 2 N–H and O–H groups in total. The van der Waals surface area contributed by atoms with Gasteiger partial charge in [0.2, 0.25) is 5.91 Å². The summed E-state index contributed by atoms with van der Waals surface area (Å²) in [6.45, 7) is 0.154. The second-order valence-corrected chi connectivity index (χ2v) is 11.4. The van der Waals surface area contributed by atoms with Gasteiger partial charge < -0.3 is 15.2 Å². The van der Waals surface area contributed by atoms with Crippen molar-refractivity contribution in [3.05, 3.63) is 114 Å². The summed E-state index contributed by atoms with van der Waals surface area (Å²) in [6.07, 6.45) is 0.113. The van der Waals surface area contributed by atoms with Crippen LogP contribution in [0.2, 0.25) is 0 Å². The molecule has 4 aromatic carbocycles. The maximum absolute atomic E-state index is 14.0. The molecule has 0 saturated carbocycles. The molecule has 210 valence electrons. The average molecular weight is 575 g/mol. The van der Waals surface area contributed by atoms with Crippen molar-refractivity contribution < 1.29 is 32.2 Å². The first-order valence-electron chi connectivity index (χ1n) is 12.8. The summed E-state index contributed by atoms with van der Waals surface area (Å²) in [5.41, 5.74) is 3.82. The molecule has 41 heavy (non-hydrogen) atoms. The molecule has 0 fully saturated rings. The second kappa shape index (κ2) is 11.4. The molecule has 1 amide bonds. The van der Waals surface area contributed by atoms with Crippen LogP contribution in [0.25, 0.3) is 11.1 Å². The first kappa shape index (κ1) is 27.9. The Kier molecular flexibility index (Phi) is 7.76. The van der Waals surface area contributed by atoms with Gasteiger partial charge in [-0.15, -0.1) is 0 Å². The minimum Gasteiger partial charge on any atom is -0.496 e. The zero-order chi connectivity index (χ0) is 29.1. The number of benzene rings is 4. The van der Waals surface area contributed by atoms with E-state index in [1.807, 2.05) is 0 Å². The fraction of sp³-hybridized carbons (Fsp3) is 0.161. The zero-order valence-electron chi connectivity index (χ0n) is 22.1. The van der Waals surface area contributed by atoms with Gasteiger partial charge in [-0.2, -0.15) is 0 Å². The summed E-state index contributed by atoms with van der Waals surface area (Å²) in [7, 11) is -2.71. The Bertz CT molecular complexity index is 1710. The lowest BCUT2D eigenvalue weighted by Crippen LogP contribution is -2.47. The summed E-state index contributed by atoms with van der Waals surface area (Å²) in [5.74, 6) is -1.51. The highest BCUT2D eigenvalue weighted by Crippen LogP contribution is 2.38. The van der Waals surface area contributed by atoms with E-state index in [1.54, 1.807) is 66.7 Å². The van der Waals surface area contributed by atoms with Crippen molar-refractivity contribution in [3.8, 4) is 16.9 Å². The smallest absolute Gasteiger partial charge is 0.307 e. The third-order valence-electron chi connectivity index (χ3n) is 6.96. The Labute approximate surface area is 237 Å². The monoisotopic (exact) mass is 574 g/mol. The molecule has 0 radical (unpaired) electrons. The van der Waals surface area contributed by atoms with Gasteiger partial charge in [-0.25, -0.2) is 12.8 Å². The summed E-state index contributed by atoms with van der Waals surface area (Å²) < 4.78 is 48.0. The van der Waals surface area contributed by atoms with Crippen LogP contribution in [0.1, 0.15) is 16.7 Å². The van der Waals surface area contributed by atoms with Gasteiger partial charge in [0.05, 0.1) is 24.1 Å². The Hall–Kier alpha value is -4.70. The quantitative estimate of drug-likeness (QED) is 0.303. The lowest BCUT2D eigenvalue weighted by Gasteiger charge is -2.26. The number of aliphatic carboxylic acids is 1. The Morgan fingerprint density at radius 3 is 2.34 bits per heavy atom. The zero-order valence-corrected chi connectivity index (χ0v) is 22.9. The Morgan fingerprint density at radius 1 is 0.976 bits per heavy atom. The van der Waals surface area contributed by atoms with Crippen molar-refractivity contribution in [2.24, 2.45) is 0 Å². The maximum atomic E-state index is 14.0. The van der Waals surface area contributed by atoms with Crippen molar-refractivity contribution in [1.82, 2.24) is 5.32 Å². The molecule has 1 atom stereocenters. The van der Waals surface area contributed by atoms with Crippen LogP contribution in [0.4, 0.5) is 10.1 Å². The highest BCUT2D eigenvalue weighted by Gasteiger charge is 2.42. The molecule has 0 unspecified atom stereocenters. The van der Waals surface area contributed by atoms with E-state index in [4.69, 9.17) is 9.84 Å². The molecular weight excluding hydrogens is 547 g/mol. The number of hydrogen-bond acceptors (Lipinski definition) is 5. The molecule has 0 spiro atoms. The summed E-state index contributed by atoms with van der Waals surface area (Å²) in [5, 5.41) is 11.8. The highest BCUT2D eigenvalue weighted by molar-refractivity contribution is 7.93. The first-order valence-corrected chi connectivity index (χ1v) is 14.2. The minimum absolute atomic E-state index is 0.00542. The number of carbonyl (C=O) groups is 2. The van der Waals surface area contributed by atoms with Gasteiger partial charge in [0.25, 0.3) is 10.0 Å². The fourth-order valence-corrected chi connectivity index (χ4v) is 6.58. The molecule has 0 bridgehead atoms. The number of methoxy groups -OCH3 is 1. The summed E-state index contributed by atoms with van der Waals surface area (Å²) >= 11 is 0. The molecule has 0 aromatic heterocycles. The van der Waals surface area contributed by atoms with Crippen LogP contribution in [-0.2, 0) is 39.0 Å². The number of halogens is 1. The number of ether oxygens (including phenoxy) is 1. The fourth-order valence-electron chi connectivity index (χ4n) is 4.93. The van der Waals surface area contributed by atoms with E-state index < -0.39 is 33.8 Å². The molecule has 0 aliphatic carbocycles. The molecular formula is C31H27FN2O6S. The molecule has 1 heterocycles. The van der Waals surface area contributed by atoms with E-state index >= 15 is 0 Å². The van der Waals surface area contributed by atoms with Crippen molar-refractivity contribution in [3.63, 3.8) is 0 Å². The topological polar surface area (TPSA) is 113 Å². The van der Waals surface area contributed by atoms with Crippen molar-refractivity contribution in [2.45, 2.75) is 30.3 Å². The van der Waals surface area contributed by atoms with Crippen LogP contribution in [0, 0.1) is 5.82 Å². The number of rotatable bonds is 9. The molecule has 10 heteroatoms. The molecule has 0 saturated heterocycles. The van der Waals surface area contributed by atoms with Crippen molar-refractivity contribution >= 4 is 27.6 Å². The van der Waals surface area contributed by atoms with Crippen LogP contribution in [-0.4, -0.2) is 38.6 Å². The molecule has 4 aromatic rings. The maximum Gasteiger partial charge on any atom is 0.307 e. The van der Waals surface area contributed by atoms with Gasteiger partial charge in [0.15, 0.2) is 0 Å². The lowest BCUT2D eigenvalue weighted by molar-refractivity contribution is -0.136. The largest absolute Gasteiger partial charge is 0.496 e. The number of para-hydroxylation sites is 1. The predicted octanol–water partition coefficient (Wildman–Crippen LogP) is 4.56. The van der Waals surface area contributed by atoms with Crippen LogP contribution in [0.3, 0.4) is 0 Å². The first-order chi connectivity index (χ1) is 19.7. The third-order valence-corrected chi connectivity index (χ3v) is 8.80. The second-order valence-electron chi connectivity index (χ2n) is 9.62.